The van der Waals surface area contributed by atoms with Gasteiger partial charge in [0.05, 0.1) is 30.2 Å². The fraction of sp³-hybridized carbons (Fsp3) is 0.235. The number of rotatable bonds is 6. The van der Waals surface area contributed by atoms with Crippen LogP contribution in [0.1, 0.15) is 17.5 Å². The van der Waals surface area contributed by atoms with E-state index in [0.717, 1.165) is 5.56 Å². The van der Waals surface area contributed by atoms with Crippen LogP contribution in [0.2, 0.25) is 5.02 Å². The normalized spacial score (nSPS) is 9.92. The number of hydrogen-bond acceptors (Lipinski definition) is 5. The average molecular weight is 345 g/mol. The van der Waals surface area contributed by atoms with Gasteiger partial charge in [-0.25, -0.2) is 0 Å². The zero-order valence-electron chi connectivity index (χ0n) is 13.4. The Morgan fingerprint density at radius 1 is 1.42 bits per heavy atom. The first kappa shape index (κ1) is 17.6. The van der Waals surface area contributed by atoms with Gasteiger partial charge in [0.15, 0.2) is 0 Å². The molecule has 124 valence electrons. The van der Waals surface area contributed by atoms with Crippen LogP contribution in [0.5, 0.6) is 5.75 Å². The smallest absolute Gasteiger partial charge is 0.226 e. The van der Waals surface area contributed by atoms with Gasteiger partial charge in [0.25, 0.3) is 0 Å². The van der Waals surface area contributed by atoms with Crippen molar-refractivity contribution in [2.75, 3.05) is 24.3 Å². The molecule has 0 aliphatic heterocycles. The van der Waals surface area contributed by atoms with Crippen LogP contribution in [0.25, 0.3) is 0 Å². The van der Waals surface area contributed by atoms with Gasteiger partial charge in [0.1, 0.15) is 11.8 Å². The van der Waals surface area contributed by atoms with Crippen LogP contribution in [-0.4, -0.2) is 24.5 Å². The second-order valence-electron chi connectivity index (χ2n) is 5.06. The van der Waals surface area contributed by atoms with Crippen LogP contribution in [0.3, 0.4) is 0 Å². The molecule has 1 heterocycles. The molecule has 0 spiro atoms. The van der Waals surface area contributed by atoms with Crippen LogP contribution in [0.4, 0.5) is 11.4 Å². The summed E-state index contributed by atoms with van der Waals surface area (Å²) in [5, 5.41) is 15.4. The van der Waals surface area contributed by atoms with Gasteiger partial charge in [-0.1, -0.05) is 11.6 Å². The fourth-order valence-electron chi connectivity index (χ4n) is 2.09. The van der Waals surface area contributed by atoms with E-state index in [9.17, 15) is 4.79 Å². The van der Waals surface area contributed by atoms with Crippen molar-refractivity contribution in [3.8, 4) is 11.8 Å². The second-order valence-corrected chi connectivity index (χ2v) is 5.47. The average Bonchev–Trinajstić information content (AvgIpc) is 2.58. The van der Waals surface area contributed by atoms with Crippen LogP contribution in [0.15, 0.2) is 30.6 Å². The summed E-state index contributed by atoms with van der Waals surface area (Å²) in [5.41, 5.74) is 2.51. The lowest BCUT2D eigenvalue weighted by molar-refractivity contribution is -0.116. The molecule has 0 aliphatic rings. The number of benzene rings is 1. The van der Waals surface area contributed by atoms with E-state index in [1.807, 2.05) is 6.92 Å². The third kappa shape index (κ3) is 4.37. The van der Waals surface area contributed by atoms with Crippen molar-refractivity contribution in [1.29, 1.82) is 5.26 Å². The van der Waals surface area contributed by atoms with Crippen molar-refractivity contribution in [2.45, 2.75) is 13.3 Å². The molecular formula is C17H17ClN4O2. The highest BCUT2D eigenvalue weighted by Crippen LogP contribution is 2.30. The maximum Gasteiger partial charge on any atom is 0.226 e. The van der Waals surface area contributed by atoms with E-state index in [0.29, 0.717) is 34.3 Å². The van der Waals surface area contributed by atoms with Crippen LogP contribution in [0, 0.1) is 18.3 Å². The van der Waals surface area contributed by atoms with Gasteiger partial charge in [-0.15, -0.1) is 0 Å². The molecule has 0 saturated heterocycles. The van der Waals surface area contributed by atoms with Crippen molar-refractivity contribution >= 4 is 28.9 Å². The molecule has 0 aliphatic carbocycles. The molecule has 0 unspecified atom stereocenters. The number of carbonyl (C=O) groups is 1. The summed E-state index contributed by atoms with van der Waals surface area (Å²) in [5.74, 6) is 0.329. The minimum atomic E-state index is -0.176. The zero-order chi connectivity index (χ0) is 17.5. The summed E-state index contributed by atoms with van der Waals surface area (Å²) in [6.45, 7) is 2.23. The van der Waals surface area contributed by atoms with Gasteiger partial charge >= 0.3 is 0 Å². The number of ether oxygens (including phenoxy) is 1. The molecule has 2 N–H and O–H groups in total. The second kappa shape index (κ2) is 8.18. The molecule has 0 fully saturated rings. The lowest BCUT2D eigenvalue weighted by Crippen LogP contribution is -2.17. The Kier molecular flexibility index (Phi) is 5.99. The molecule has 0 radical (unpaired) electrons. The van der Waals surface area contributed by atoms with Gasteiger partial charge in [-0.3, -0.25) is 9.78 Å². The van der Waals surface area contributed by atoms with Crippen molar-refractivity contribution in [3.63, 3.8) is 0 Å². The van der Waals surface area contributed by atoms with Crippen molar-refractivity contribution in [1.82, 2.24) is 4.98 Å². The van der Waals surface area contributed by atoms with E-state index in [1.165, 1.54) is 7.11 Å². The van der Waals surface area contributed by atoms with Gasteiger partial charge in [0, 0.05) is 30.3 Å². The Morgan fingerprint density at radius 3 is 2.92 bits per heavy atom. The number of methoxy groups -OCH3 is 1. The Bertz CT molecular complexity index is 787. The lowest BCUT2D eigenvalue weighted by atomic mass is 10.2. The molecule has 1 aromatic carbocycles. The number of amides is 1. The van der Waals surface area contributed by atoms with E-state index in [2.05, 4.69) is 21.7 Å². The number of anilines is 2. The molecule has 1 aromatic heterocycles. The third-order valence-corrected chi connectivity index (χ3v) is 3.77. The number of aromatic nitrogens is 1. The Morgan fingerprint density at radius 2 is 2.21 bits per heavy atom. The molecule has 0 atom stereocenters. The predicted octanol–water partition coefficient (Wildman–Crippen LogP) is 3.36. The number of pyridine rings is 1. The lowest BCUT2D eigenvalue weighted by Gasteiger charge is -2.13. The number of carbonyl (C=O) groups excluding carboxylic acids is 1. The van der Waals surface area contributed by atoms with Crippen LogP contribution in [-0.2, 0) is 4.79 Å². The van der Waals surface area contributed by atoms with E-state index in [1.54, 1.807) is 30.6 Å². The molecule has 2 rings (SSSR count). The quantitative estimate of drug-likeness (QED) is 0.839. The standard InChI is InChI=1S/C17H17ClN4O2/c1-11-7-14(16(24-2)8-13(11)18)22-17(23)4-6-21-15-10-20-5-3-12(15)9-19/h3,5,7-8,10,21H,4,6H2,1-2H3,(H,22,23). The molecule has 6 nitrogen and oxygen atoms in total. The Balaban J connectivity index is 1.95. The predicted molar refractivity (Wildman–Crippen MR) is 93.4 cm³/mol. The molecule has 0 bridgehead atoms. The van der Waals surface area contributed by atoms with E-state index >= 15 is 0 Å². The monoisotopic (exact) mass is 344 g/mol. The number of hydrogen-bond donors (Lipinski definition) is 2. The summed E-state index contributed by atoms with van der Waals surface area (Å²) < 4.78 is 5.23. The van der Waals surface area contributed by atoms with Crippen molar-refractivity contribution in [3.05, 3.63) is 46.7 Å². The number of nitrogens with zero attached hydrogens (tertiary/aromatic N) is 2. The summed E-state index contributed by atoms with van der Waals surface area (Å²) in [6.07, 6.45) is 3.33. The molecule has 0 saturated carbocycles. The first-order chi connectivity index (χ1) is 11.5. The number of halogens is 1. The summed E-state index contributed by atoms with van der Waals surface area (Å²) in [4.78, 5) is 16.1. The zero-order valence-corrected chi connectivity index (χ0v) is 14.1. The van der Waals surface area contributed by atoms with E-state index in [4.69, 9.17) is 21.6 Å². The van der Waals surface area contributed by atoms with Crippen molar-refractivity contribution in [2.24, 2.45) is 0 Å². The van der Waals surface area contributed by atoms with Crippen LogP contribution >= 0.6 is 11.6 Å². The molecule has 7 heteroatoms. The first-order valence-electron chi connectivity index (χ1n) is 7.27. The summed E-state index contributed by atoms with van der Waals surface area (Å²) in [7, 11) is 1.52. The SMILES string of the molecule is COc1cc(Cl)c(C)cc1NC(=O)CCNc1cnccc1C#N. The highest BCUT2D eigenvalue weighted by molar-refractivity contribution is 6.31. The number of aryl methyl sites for hydroxylation is 1. The molecular weight excluding hydrogens is 328 g/mol. The minimum absolute atomic E-state index is 0.176. The van der Waals surface area contributed by atoms with E-state index < -0.39 is 0 Å². The largest absolute Gasteiger partial charge is 0.495 e. The number of nitriles is 1. The fourth-order valence-corrected chi connectivity index (χ4v) is 2.24. The first-order valence-corrected chi connectivity index (χ1v) is 7.65. The van der Waals surface area contributed by atoms with Gasteiger partial charge in [-0.05, 0) is 24.6 Å². The Hall–Kier alpha value is -2.78. The molecule has 1 amide bonds. The van der Waals surface area contributed by atoms with Gasteiger partial charge < -0.3 is 15.4 Å². The minimum Gasteiger partial charge on any atom is -0.495 e. The maximum atomic E-state index is 12.1. The maximum absolute atomic E-state index is 12.1. The van der Waals surface area contributed by atoms with Gasteiger partial charge in [0.2, 0.25) is 5.91 Å². The highest BCUT2D eigenvalue weighted by atomic mass is 35.5. The summed E-state index contributed by atoms with van der Waals surface area (Å²) in [6, 6.07) is 7.11. The van der Waals surface area contributed by atoms with Gasteiger partial charge in [-0.2, -0.15) is 5.26 Å². The third-order valence-electron chi connectivity index (χ3n) is 3.36. The molecule has 24 heavy (non-hydrogen) atoms. The molecule has 2 aromatic rings. The highest BCUT2D eigenvalue weighted by Gasteiger charge is 2.10. The van der Waals surface area contributed by atoms with Crippen molar-refractivity contribution < 1.29 is 9.53 Å². The topological polar surface area (TPSA) is 87.0 Å². The summed E-state index contributed by atoms with van der Waals surface area (Å²) >= 11 is 6.05. The van der Waals surface area contributed by atoms with Crippen LogP contribution < -0.4 is 15.4 Å². The van der Waals surface area contributed by atoms with E-state index in [-0.39, 0.29) is 12.3 Å². The Labute approximate surface area is 145 Å². The number of nitrogens with one attached hydrogen (secondary N) is 2.